The number of rotatable bonds is 5. The summed E-state index contributed by atoms with van der Waals surface area (Å²) in [7, 11) is 0. The number of para-hydroxylation sites is 1. The van der Waals surface area contributed by atoms with Gasteiger partial charge in [0.2, 0.25) is 0 Å². The number of benzene rings is 2. The molecule has 0 aliphatic rings. The summed E-state index contributed by atoms with van der Waals surface area (Å²) >= 11 is 0. The van der Waals surface area contributed by atoms with Crippen LogP contribution in [0.5, 0.6) is 0 Å². The molecule has 7 heteroatoms. The average molecular weight is 359 g/mol. The molecule has 0 saturated heterocycles. The normalized spacial score (nSPS) is 11.7. The van der Waals surface area contributed by atoms with E-state index in [-0.39, 0.29) is 17.5 Å². The molecule has 0 saturated carbocycles. The average Bonchev–Trinajstić information content (AvgIpc) is 2.68. The zero-order valence-electron chi connectivity index (χ0n) is 14.0. The number of hydrogen-bond acceptors (Lipinski definition) is 6. The molecule has 3 aromatic rings. The summed E-state index contributed by atoms with van der Waals surface area (Å²) in [6, 6.07) is 17.7. The first-order valence-corrected chi connectivity index (χ1v) is 8.09. The van der Waals surface area contributed by atoms with E-state index in [1.54, 1.807) is 24.3 Å². The summed E-state index contributed by atoms with van der Waals surface area (Å²) in [5.74, 6) is -1.24. The monoisotopic (exact) mass is 359 g/mol. The molecule has 0 aliphatic heterocycles. The summed E-state index contributed by atoms with van der Waals surface area (Å²) in [6.45, 7) is 0. The van der Waals surface area contributed by atoms with Crippen LogP contribution >= 0.6 is 0 Å². The van der Waals surface area contributed by atoms with Crippen molar-refractivity contribution in [1.29, 1.82) is 10.5 Å². The first kappa shape index (κ1) is 17.8. The lowest BCUT2D eigenvalue weighted by Gasteiger charge is -2.17. The van der Waals surface area contributed by atoms with Gasteiger partial charge in [-0.2, -0.15) is 10.5 Å². The van der Waals surface area contributed by atoms with E-state index >= 15 is 0 Å². The molecule has 27 heavy (non-hydrogen) atoms. The van der Waals surface area contributed by atoms with Gasteiger partial charge < -0.3 is 4.42 Å². The quantitative estimate of drug-likeness (QED) is 0.506. The molecule has 0 amide bonds. The zero-order chi connectivity index (χ0) is 19.4. The standard InChI is InChI=1S/C20H13N3O4/c21-11-14(12-22)18(13-5-7-15(8-6-13)23(25)26)9-16-10-19(24)17-3-1-2-4-20(17)27-16/h1-8,10,14,18H,9H2. The van der Waals surface area contributed by atoms with Gasteiger partial charge in [-0.05, 0) is 17.7 Å². The van der Waals surface area contributed by atoms with E-state index in [2.05, 4.69) is 0 Å². The maximum Gasteiger partial charge on any atom is 0.269 e. The molecule has 1 unspecified atom stereocenters. The minimum Gasteiger partial charge on any atom is -0.461 e. The molecule has 0 aliphatic carbocycles. The van der Waals surface area contributed by atoms with Crippen LogP contribution in [0.3, 0.4) is 0 Å². The fourth-order valence-corrected chi connectivity index (χ4v) is 2.95. The minimum absolute atomic E-state index is 0.0831. The van der Waals surface area contributed by atoms with Gasteiger partial charge in [-0.3, -0.25) is 14.9 Å². The molecular formula is C20H13N3O4. The lowest BCUT2D eigenvalue weighted by molar-refractivity contribution is -0.384. The molecule has 0 fully saturated rings. The van der Waals surface area contributed by atoms with Gasteiger partial charge in [-0.15, -0.1) is 0 Å². The van der Waals surface area contributed by atoms with Crippen LogP contribution in [0.15, 0.2) is 63.8 Å². The second kappa shape index (κ2) is 7.51. The van der Waals surface area contributed by atoms with Crippen molar-refractivity contribution in [2.75, 3.05) is 0 Å². The van der Waals surface area contributed by atoms with E-state index in [9.17, 15) is 25.4 Å². The molecule has 3 rings (SSSR count). The van der Waals surface area contributed by atoms with Gasteiger partial charge in [0.15, 0.2) is 5.43 Å². The summed E-state index contributed by atoms with van der Waals surface area (Å²) < 4.78 is 5.77. The van der Waals surface area contributed by atoms with Gasteiger partial charge in [0, 0.05) is 30.5 Å². The number of non-ortho nitro benzene ring substituents is 1. The van der Waals surface area contributed by atoms with E-state index in [0.29, 0.717) is 22.3 Å². The Balaban J connectivity index is 2.02. The molecule has 0 radical (unpaired) electrons. The number of nitriles is 2. The van der Waals surface area contributed by atoms with E-state index < -0.39 is 16.8 Å². The Kier molecular flexibility index (Phi) is 4.96. The fraction of sp³-hybridized carbons (Fsp3) is 0.150. The Morgan fingerprint density at radius 1 is 1.07 bits per heavy atom. The van der Waals surface area contributed by atoms with Gasteiger partial charge in [-0.25, -0.2) is 0 Å². The van der Waals surface area contributed by atoms with Gasteiger partial charge in [-0.1, -0.05) is 24.3 Å². The Bertz CT molecular complexity index is 1120. The van der Waals surface area contributed by atoms with Gasteiger partial charge in [0.05, 0.1) is 22.4 Å². The Hall–Kier alpha value is -3.97. The lowest BCUT2D eigenvalue weighted by Crippen LogP contribution is -2.14. The summed E-state index contributed by atoms with van der Waals surface area (Å²) in [6.07, 6.45) is 0.143. The third kappa shape index (κ3) is 3.68. The Morgan fingerprint density at radius 2 is 1.74 bits per heavy atom. The molecule has 0 bridgehead atoms. The predicted molar refractivity (Wildman–Crippen MR) is 96.7 cm³/mol. The van der Waals surface area contributed by atoms with E-state index in [1.807, 2.05) is 12.1 Å². The highest BCUT2D eigenvalue weighted by Gasteiger charge is 2.25. The van der Waals surface area contributed by atoms with Crippen LogP contribution in [-0.2, 0) is 6.42 Å². The summed E-state index contributed by atoms with van der Waals surface area (Å²) in [5.41, 5.74) is 0.720. The number of hydrogen-bond donors (Lipinski definition) is 0. The third-order valence-electron chi connectivity index (χ3n) is 4.32. The molecule has 2 aromatic carbocycles. The molecule has 1 atom stereocenters. The molecule has 0 N–H and O–H groups in total. The van der Waals surface area contributed by atoms with Crippen LogP contribution in [0.2, 0.25) is 0 Å². The van der Waals surface area contributed by atoms with Crippen molar-refractivity contribution in [3.8, 4) is 12.1 Å². The van der Waals surface area contributed by atoms with Crippen molar-refractivity contribution in [2.24, 2.45) is 5.92 Å². The van der Waals surface area contributed by atoms with Crippen molar-refractivity contribution >= 4 is 16.7 Å². The number of nitrogens with zero attached hydrogens (tertiary/aromatic N) is 3. The molecular weight excluding hydrogens is 346 g/mol. The van der Waals surface area contributed by atoms with E-state index in [4.69, 9.17) is 4.42 Å². The van der Waals surface area contributed by atoms with Gasteiger partial charge in [0.25, 0.3) is 5.69 Å². The van der Waals surface area contributed by atoms with Crippen LogP contribution in [0.1, 0.15) is 17.2 Å². The van der Waals surface area contributed by atoms with Crippen LogP contribution in [0.4, 0.5) is 5.69 Å². The highest BCUT2D eigenvalue weighted by atomic mass is 16.6. The van der Waals surface area contributed by atoms with Crippen molar-refractivity contribution in [3.63, 3.8) is 0 Å². The fourth-order valence-electron chi connectivity index (χ4n) is 2.95. The Morgan fingerprint density at radius 3 is 2.37 bits per heavy atom. The molecule has 0 spiro atoms. The number of nitro groups is 1. The van der Waals surface area contributed by atoms with Gasteiger partial charge in [0.1, 0.15) is 17.3 Å². The summed E-state index contributed by atoms with van der Waals surface area (Å²) in [5, 5.41) is 29.9. The SMILES string of the molecule is N#CC(C#N)C(Cc1cc(=O)c2ccccc2o1)c1ccc([N+](=O)[O-])cc1. The topological polar surface area (TPSA) is 121 Å². The second-order valence-corrected chi connectivity index (χ2v) is 5.97. The largest absolute Gasteiger partial charge is 0.461 e. The highest BCUT2D eigenvalue weighted by molar-refractivity contribution is 5.76. The van der Waals surface area contributed by atoms with Crippen molar-refractivity contribution < 1.29 is 9.34 Å². The maximum atomic E-state index is 12.3. The number of nitro benzene ring substituents is 1. The third-order valence-corrected chi connectivity index (χ3v) is 4.32. The van der Waals surface area contributed by atoms with Crippen molar-refractivity contribution in [3.05, 3.63) is 86.3 Å². The van der Waals surface area contributed by atoms with Crippen LogP contribution in [0, 0.1) is 38.7 Å². The maximum absolute atomic E-state index is 12.3. The van der Waals surface area contributed by atoms with Crippen LogP contribution in [0.25, 0.3) is 11.0 Å². The molecule has 7 nitrogen and oxygen atoms in total. The van der Waals surface area contributed by atoms with Crippen LogP contribution < -0.4 is 5.43 Å². The first-order valence-electron chi connectivity index (χ1n) is 8.09. The highest BCUT2D eigenvalue weighted by Crippen LogP contribution is 2.30. The predicted octanol–water partition coefficient (Wildman–Crippen LogP) is 3.69. The molecule has 1 heterocycles. The Labute approximate surface area is 153 Å². The van der Waals surface area contributed by atoms with E-state index in [1.165, 1.54) is 30.3 Å². The van der Waals surface area contributed by atoms with Crippen LogP contribution in [-0.4, -0.2) is 4.92 Å². The minimum atomic E-state index is -0.997. The van der Waals surface area contributed by atoms with Crippen molar-refractivity contribution in [2.45, 2.75) is 12.3 Å². The first-order chi connectivity index (χ1) is 13.0. The van der Waals surface area contributed by atoms with Gasteiger partial charge >= 0.3 is 0 Å². The smallest absolute Gasteiger partial charge is 0.269 e. The zero-order valence-corrected chi connectivity index (χ0v) is 14.0. The lowest BCUT2D eigenvalue weighted by atomic mass is 9.84. The van der Waals surface area contributed by atoms with Crippen molar-refractivity contribution in [1.82, 2.24) is 0 Å². The molecule has 1 aromatic heterocycles. The number of fused-ring (bicyclic) bond motifs is 1. The molecule has 132 valence electrons. The van der Waals surface area contributed by atoms with E-state index in [0.717, 1.165) is 0 Å². The summed E-state index contributed by atoms with van der Waals surface area (Å²) in [4.78, 5) is 22.6. The second-order valence-electron chi connectivity index (χ2n) is 5.97.